The van der Waals surface area contributed by atoms with Gasteiger partial charge in [-0.25, -0.2) is 0 Å². The summed E-state index contributed by atoms with van der Waals surface area (Å²) >= 11 is 0. The molecule has 0 bridgehead atoms. The number of hydrogen-bond acceptors (Lipinski definition) is 4. The lowest BCUT2D eigenvalue weighted by Gasteiger charge is -2.46. The van der Waals surface area contributed by atoms with Crippen molar-refractivity contribution in [2.45, 2.75) is 39.3 Å². The van der Waals surface area contributed by atoms with Crippen LogP contribution in [0.2, 0.25) is 0 Å². The van der Waals surface area contributed by atoms with Crippen molar-refractivity contribution in [1.82, 2.24) is 4.90 Å². The standard InChI is InChI=1S/C16H25N3O2/c1-11(2)21-13-8-6-7-12(14(13)17)19-10-9-18(5)15(20)16(19,3)4/h6-8,11H,9-10,17H2,1-5H3. The summed E-state index contributed by atoms with van der Waals surface area (Å²) in [6, 6.07) is 5.73. The number of anilines is 2. The Labute approximate surface area is 126 Å². The normalized spacial score (nSPS) is 18.3. The first-order valence-corrected chi connectivity index (χ1v) is 7.33. The smallest absolute Gasteiger partial charge is 0.247 e. The minimum Gasteiger partial charge on any atom is -0.489 e. The van der Waals surface area contributed by atoms with Crippen LogP contribution in [0.1, 0.15) is 27.7 Å². The molecule has 5 nitrogen and oxygen atoms in total. The highest BCUT2D eigenvalue weighted by molar-refractivity contribution is 5.92. The number of likely N-dealkylation sites (N-methyl/N-ethyl adjacent to an activating group) is 1. The van der Waals surface area contributed by atoms with Gasteiger partial charge in [0.15, 0.2) is 0 Å². The Hall–Kier alpha value is -1.91. The predicted octanol–water partition coefficient (Wildman–Crippen LogP) is 2.11. The molecule has 0 aromatic heterocycles. The number of carbonyl (C=O) groups excluding carboxylic acids is 1. The van der Waals surface area contributed by atoms with Crippen LogP contribution in [0.4, 0.5) is 11.4 Å². The minimum atomic E-state index is -0.614. The third kappa shape index (κ3) is 2.77. The number of hydrogen-bond donors (Lipinski definition) is 1. The lowest BCUT2D eigenvalue weighted by Crippen LogP contribution is -2.62. The molecular formula is C16H25N3O2. The van der Waals surface area contributed by atoms with Gasteiger partial charge in [0.2, 0.25) is 5.91 Å². The van der Waals surface area contributed by atoms with Crippen LogP contribution in [-0.2, 0) is 4.79 Å². The van der Waals surface area contributed by atoms with Gasteiger partial charge in [0.25, 0.3) is 0 Å². The molecule has 1 amide bonds. The fourth-order valence-corrected chi connectivity index (χ4v) is 2.76. The van der Waals surface area contributed by atoms with Gasteiger partial charge in [0.05, 0.1) is 17.5 Å². The van der Waals surface area contributed by atoms with Crippen LogP contribution in [0.3, 0.4) is 0 Å². The molecule has 21 heavy (non-hydrogen) atoms. The molecule has 0 saturated carbocycles. The Balaban J connectivity index is 2.40. The highest BCUT2D eigenvalue weighted by Gasteiger charge is 2.41. The Bertz CT molecular complexity index is 540. The van der Waals surface area contributed by atoms with Crippen molar-refractivity contribution in [3.8, 4) is 5.75 Å². The van der Waals surface area contributed by atoms with Crippen molar-refractivity contribution in [2.75, 3.05) is 30.8 Å². The van der Waals surface area contributed by atoms with E-state index < -0.39 is 5.54 Å². The van der Waals surface area contributed by atoms with Crippen molar-refractivity contribution in [2.24, 2.45) is 0 Å². The van der Waals surface area contributed by atoms with Gasteiger partial charge in [-0.15, -0.1) is 0 Å². The van der Waals surface area contributed by atoms with Gasteiger partial charge in [0, 0.05) is 20.1 Å². The summed E-state index contributed by atoms with van der Waals surface area (Å²) in [6.07, 6.45) is 0.0599. The molecule has 2 N–H and O–H groups in total. The molecule has 5 heteroatoms. The largest absolute Gasteiger partial charge is 0.489 e. The third-order valence-corrected chi connectivity index (χ3v) is 3.90. The number of nitrogen functional groups attached to an aromatic ring is 1. The highest BCUT2D eigenvalue weighted by atomic mass is 16.5. The molecule has 1 aromatic carbocycles. The Kier molecular flexibility index (Phi) is 4.03. The van der Waals surface area contributed by atoms with Crippen LogP contribution in [-0.4, -0.2) is 42.6 Å². The SMILES string of the molecule is CC(C)Oc1cccc(N2CCN(C)C(=O)C2(C)C)c1N. The molecule has 1 aliphatic rings. The van der Waals surface area contributed by atoms with Gasteiger partial charge in [0.1, 0.15) is 11.3 Å². The maximum atomic E-state index is 12.4. The number of piperazine rings is 1. The molecule has 0 spiro atoms. The Morgan fingerprint density at radius 3 is 2.57 bits per heavy atom. The Morgan fingerprint density at radius 1 is 1.29 bits per heavy atom. The van der Waals surface area contributed by atoms with E-state index in [1.54, 1.807) is 4.90 Å². The van der Waals surface area contributed by atoms with E-state index >= 15 is 0 Å². The highest BCUT2D eigenvalue weighted by Crippen LogP contribution is 2.37. The van der Waals surface area contributed by atoms with E-state index in [2.05, 4.69) is 4.90 Å². The number of ether oxygens (including phenoxy) is 1. The summed E-state index contributed by atoms with van der Waals surface area (Å²) in [4.78, 5) is 16.2. The average molecular weight is 291 g/mol. The van der Waals surface area contributed by atoms with E-state index in [1.807, 2.05) is 52.9 Å². The van der Waals surface area contributed by atoms with Crippen LogP contribution >= 0.6 is 0 Å². The number of benzene rings is 1. The summed E-state index contributed by atoms with van der Waals surface area (Å²) in [5.74, 6) is 0.771. The predicted molar refractivity (Wildman–Crippen MR) is 85.7 cm³/mol. The fraction of sp³-hybridized carbons (Fsp3) is 0.562. The molecule has 1 aliphatic heterocycles. The van der Waals surface area contributed by atoms with E-state index in [1.165, 1.54) is 0 Å². The van der Waals surface area contributed by atoms with E-state index in [0.717, 1.165) is 12.2 Å². The van der Waals surface area contributed by atoms with Crippen LogP contribution < -0.4 is 15.4 Å². The van der Waals surface area contributed by atoms with E-state index in [-0.39, 0.29) is 12.0 Å². The van der Waals surface area contributed by atoms with Crippen molar-refractivity contribution >= 4 is 17.3 Å². The first-order valence-electron chi connectivity index (χ1n) is 7.33. The van der Waals surface area contributed by atoms with Gasteiger partial charge >= 0.3 is 0 Å². The molecule has 1 aromatic rings. The maximum Gasteiger partial charge on any atom is 0.247 e. The molecule has 0 radical (unpaired) electrons. The topological polar surface area (TPSA) is 58.8 Å². The summed E-state index contributed by atoms with van der Waals surface area (Å²) in [5.41, 5.74) is 7.11. The quantitative estimate of drug-likeness (QED) is 0.867. The molecule has 116 valence electrons. The Morgan fingerprint density at radius 2 is 1.95 bits per heavy atom. The zero-order valence-electron chi connectivity index (χ0n) is 13.5. The second-order valence-electron chi connectivity index (χ2n) is 6.29. The molecule has 1 heterocycles. The maximum absolute atomic E-state index is 12.4. The van der Waals surface area contributed by atoms with Gasteiger partial charge in [-0.3, -0.25) is 4.79 Å². The number of amides is 1. The minimum absolute atomic E-state index is 0.0599. The lowest BCUT2D eigenvalue weighted by atomic mass is 9.96. The molecule has 1 saturated heterocycles. The zero-order chi connectivity index (χ0) is 15.8. The summed E-state index contributed by atoms with van der Waals surface area (Å²) in [5, 5.41) is 0. The van der Waals surface area contributed by atoms with Gasteiger partial charge in [-0.2, -0.15) is 0 Å². The second-order valence-corrected chi connectivity index (χ2v) is 6.29. The van der Waals surface area contributed by atoms with Crippen LogP contribution in [0.5, 0.6) is 5.75 Å². The van der Waals surface area contributed by atoms with Crippen molar-refractivity contribution < 1.29 is 9.53 Å². The molecule has 0 unspecified atom stereocenters. The van der Waals surface area contributed by atoms with Crippen molar-refractivity contribution in [1.29, 1.82) is 0 Å². The monoisotopic (exact) mass is 291 g/mol. The van der Waals surface area contributed by atoms with E-state index in [9.17, 15) is 4.79 Å². The lowest BCUT2D eigenvalue weighted by molar-refractivity contribution is -0.136. The number of nitrogens with zero attached hydrogens (tertiary/aromatic N) is 2. The summed E-state index contributed by atoms with van der Waals surface area (Å²) < 4.78 is 5.75. The summed E-state index contributed by atoms with van der Waals surface area (Å²) in [6.45, 7) is 9.24. The molecule has 0 aliphatic carbocycles. The van der Waals surface area contributed by atoms with Crippen LogP contribution in [0.15, 0.2) is 18.2 Å². The number of para-hydroxylation sites is 1. The van der Waals surface area contributed by atoms with Crippen molar-refractivity contribution in [3.05, 3.63) is 18.2 Å². The first-order chi connectivity index (χ1) is 9.75. The third-order valence-electron chi connectivity index (χ3n) is 3.90. The second kappa shape index (κ2) is 5.47. The fourth-order valence-electron chi connectivity index (χ4n) is 2.76. The number of carbonyl (C=O) groups is 1. The molecule has 1 fully saturated rings. The number of nitrogens with two attached hydrogens (primary N) is 1. The van der Waals surface area contributed by atoms with E-state index in [0.29, 0.717) is 18.0 Å². The molecule has 2 rings (SSSR count). The number of rotatable bonds is 3. The summed E-state index contributed by atoms with van der Waals surface area (Å²) in [7, 11) is 1.84. The van der Waals surface area contributed by atoms with Crippen molar-refractivity contribution in [3.63, 3.8) is 0 Å². The van der Waals surface area contributed by atoms with Gasteiger partial charge in [-0.1, -0.05) is 6.07 Å². The average Bonchev–Trinajstić information content (AvgIpc) is 2.39. The van der Waals surface area contributed by atoms with Crippen LogP contribution in [0, 0.1) is 0 Å². The zero-order valence-corrected chi connectivity index (χ0v) is 13.5. The first kappa shape index (κ1) is 15.5. The van der Waals surface area contributed by atoms with Crippen LogP contribution in [0.25, 0.3) is 0 Å². The molecule has 0 atom stereocenters. The van der Waals surface area contributed by atoms with Gasteiger partial charge in [-0.05, 0) is 39.8 Å². The van der Waals surface area contributed by atoms with Gasteiger partial charge < -0.3 is 20.3 Å². The van der Waals surface area contributed by atoms with E-state index in [4.69, 9.17) is 10.5 Å². The molecular weight excluding hydrogens is 266 g/mol.